The number of aryl methyl sites for hydroxylation is 1. The van der Waals surface area contributed by atoms with Gasteiger partial charge in [0.1, 0.15) is 0 Å². The molecule has 1 atom stereocenters. The molecule has 1 aromatic carbocycles. The van der Waals surface area contributed by atoms with Crippen LogP contribution < -0.4 is 0 Å². The fourth-order valence-electron chi connectivity index (χ4n) is 3.29. The molecule has 1 aromatic rings. The number of hydrogen-bond acceptors (Lipinski definition) is 1. The van der Waals surface area contributed by atoms with Gasteiger partial charge in [0.05, 0.1) is 0 Å². The number of halogens is 1. The molecule has 1 heterocycles. The molecule has 92 valence electrons. The number of nitrogens with zero attached hydrogens (tertiary/aromatic N) is 1. The molecule has 3 rings (SSSR count). The van der Waals surface area contributed by atoms with Crippen molar-refractivity contribution in [3.8, 4) is 0 Å². The highest BCUT2D eigenvalue weighted by molar-refractivity contribution is 9.10. The minimum absolute atomic E-state index is 0.884. The van der Waals surface area contributed by atoms with Gasteiger partial charge in [0.25, 0.3) is 0 Å². The molecule has 17 heavy (non-hydrogen) atoms. The van der Waals surface area contributed by atoms with Crippen LogP contribution >= 0.6 is 15.9 Å². The lowest BCUT2D eigenvalue weighted by Gasteiger charge is -2.28. The van der Waals surface area contributed by atoms with Crippen LogP contribution in [0.25, 0.3) is 0 Å². The van der Waals surface area contributed by atoms with Crippen molar-refractivity contribution in [1.29, 1.82) is 0 Å². The van der Waals surface area contributed by atoms with Crippen molar-refractivity contribution in [3.63, 3.8) is 0 Å². The summed E-state index contributed by atoms with van der Waals surface area (Å²) in [5.41, 5.74) is 3.15. The largest absolute Gasteiger partial charge is 0.303 e. The van der Waals surface area contributed by atoms with E-state index in [9.17, 15) is 0 Å². The Hall–Kier alpha value is -0.340. The molecule has 2 heteroatoms. The van der Waals surface area contributed by atoms with E-state index in [0.29, 0.717) is 0 Å². The maximum absolute atomic E-state index is 3.59. The summed E-state index contributed by atoms with van der Waals surface area (Å²) in [6.07, 6.45) is 6.77. The van der Waals surface area contributed by atoms with Crippen LogP contribution in [-0.4, -0.2) is 24.5 Å². The van der Waals surface area contributed by atoms with E-state index in [4.69, 9.17) is 0 Å². The van der Waals surface area contributed by atoms with Gasteiger partial charge >= 0.3 is 0 Å². The predicted molar refractivity (Wildman–Crippen MR) is 75.3 cm³/mol. The Balaban J connectivity index is 1.67. The minimum Gasteiger partial charge on any atom is -0.303 e. The van der Waals surface area contributed by atoms with Crippen LogP contribution in [0, 0.1) is 5.92 Å². The van der Waals surface area contributed by atoms with E-state index in [1.54, 1.807) is 11.1 Å². The Bertz CT molecular complexity index is 396. The molecule has 1 unspecified atom stereocenters. The average Bonchev–Trinajstić information content (AvgIpc) is 2.81. The summed E-state index contributed by atoms with van der Waals surface area (Å²) in [5, 5.41) is 0. The number of benzene rings is 1. The van der Waals surface area contributed by atoms with Gasteiger partial charge < -0.3 is 4.90 Å². The van der Waals surface area contributed by atoms with Crippen LogP contribution in [0.4, 0.5) is 0 Å². The molecule has 1 nitrogen and oxygen atoms in total. The lowest BCUT2D eigenvalue weighted by Crippen LogP contribution is -2.30. The molecule has 2 aliphatic rings. The Morgan fingerprint density at radius 1 is 1.18 bits per heavy atom. The van der Waals surface area contributed by atoms with Gasteiger partial charge in [-0.1, -0.05) is 22.0 Å². The van der Waals surface area contributed by atoms with Crippen molar-refractivity contribution in [2.45, 2.75) is 32.1 Å². The topological polar surface area (TPSA) is 3.24 Å². The van der Waals surface area contributed by atoms with Crippen molar-refractivity contribution in [1.82, 2.24) is 4.90 Å². The molecule has 0 bridgehead atoms. The van der Waals surface area contributed by atoms with Crippen LogP contribution in [0.3, 0.4) is 0 Å². The second kappa shape index (κ2) is 5.11. The van der Waals surface area contributed by atoms with Gasteiger partial charge in [0, 0.05) is 11.0 Å². The molecule has 0 radical (unpaired) electrons. The van der Waals surface area contributed by atoms with Crippen LogP contribution in [0.5, 0.6) is 0 Å². The summed E-state index contributed by atoms with van der Waals surface area (Å²) in [4.78, 5) is 2.66. The average molecular weight is 294 g/mol. The summed E-state index contributed by atoms with van der Waals surface area (Å²) in [6.45, 7) is 4.00. The normalized spacial score (nSPS) is 24.9. The zero-order valence-electron chi connectivity index (χ0n) is 10.3. The van der Waals surface area contributed by atoms with Gasteiger partial charge in [-0.15, -0.1) is 0 Å². The SMILES string of the molecule is Brc1ccc2c(c1)CC(CN1CCCC1)CC2. The van der Waals surface area contributed by atoms with Gasteiger partial charge in [-0.3, -0.25) is 0 Å². The highest BCUT2D eigenvalue weighted by Gasteiger charge is 2.22. The highest BCUT2D eigenvalue weighted by atomic mass is 79.9. The van der Waals surface area contributed by atoms with Gasteiger partial charge in [-0.25, -0.2) is 0 Å². The van der Waals surface area contributed by atoms with Crippen LogP contribution in [0.2, 0.25) is 0 Å². The van der Waals surface area contributed by atoms with E-state index in [2.05, 4.69) is 39.0 Å². The number of rotatable bonds is 2. The lowest BCUT2D eigenvalue weighted by molar-refractivity contribution is 0.262. The maximum Gasteiger partial charge on any atom is 0.0178 e. The maximum atomic E-state index is 3.59. The van der Waals surface area contributed by atoms with E-state index in [1.807, 2.05) is 0 Å². The molecule has 0 spiro atoms. The summed E-state index contributed by atoms with van der Waals surface area (Å²) in [6, 6.07) is 6.80. The van der Waals surface area contributed by atoms with E-state index in [-0.39, 0.29) is 0 Å². The van der Waals surface area contributed by atoms with Crippen molar-refractivity contribution >= 4 is 15.9 Å². The predicted octanol–water partition coefficient (Wildman–Crippen LogP) is 3.65. The Morgan fingerprint density at radius 2 is 2.00 bits per heavy atom. The van der Waals surface area contributed by atoms with Gasteiger partial charge in [0.2, 0.25) is 0 Å². The van der Waals surface area contributed by atoms with Crippen LogP contribution in [-0.2, 0) is 12.8 Å². The van der Waals surface area contributed by atoms with Crippen molar-refractivity contribution < 1.29 is 0 Å². The monoisotopic (exact) mass is 293 g/mol. The minimum atomic E-state index is 0.884. The second-order valence-corrected chi connectivity index (χ2v) is 6.45. The molecule has 1 aliphatic carbocycles. The standard InChI is InChI=1S/C15H20BrN/c16-15-6-5-13-4-3-12(9-14(13)10-15)11-17-7-1-2-8-17/h5-6,10,12H,1-4,7-9,11H2. The van der Waals surface area contributed by atoms with Gasteiger partial charge in [-0.05, 0) is 74.4 Å². The Morgan fingerprint density at radius 3 is 2.82 bits per heavy atom. The second-order valence-electron chi connectivity index (χ2n) is 5.53. The van der Waals surface area contributed by atoms with Gasteiger partial charge in [0.15, 0.2) is 0 Å². The molecule has 0 aromatic heterocycles. The first-order chi connectivity index (χ1) is 8.31. The van der Waals surface area contributed by atoms with Crippen molar-refractivity contribution in [2.75, 3.05) is 19.6 Å². The third kappa shape index (κ3) is 2.74. The quantitative estimate of drug-likeness (QED) is 0.805. The third-order valence-corrected chi connectivity index (χ3v) is 4.71. The fraction of sp³-hybridized carbons (Fsp3) is 0.600. The van der Waals surface area contributed by atoms with E-state index in [0.717, 1.165) is 5.92 Å². The molecule has 0 amide bonds. The number of hydrogen-bond donors (Lipinski definition) is 0. The zero-order valence-corrected chi connectivity index (χ0v) is 11.9. The first kappa shape index (κ1) is 11.7. The molecule has 1 saturated heterocycles. The van der Waals surface area contributed by atoms with E-state index < -0.39 is 0 Å². The smallest absolute Gasteiger partial charge is 0.0178 e. The fourth-order valence-corrected chi connectivity index (χ4v) is 3.70. The highest BCUT2D eigenvalue weighted by Crippen LogP contribution is 2.29. The zero-order chi connectivity index (χ0) is 11.7. The van der Waals surface area contributed by atoms with Gasteiger partial charge in [-0.2, -0.15) is 0 Å². The van der Waals surface area contributed by atoms with Crippen LogP contribution in [0.1, 0.15) is 30.4 Å². The first-order valence-corrected chi connectivity index (χ1v) is 7.60. The number of fused-ring (bicyclic) bond motifs is 1. The summed E-state index contributed by atoms with van der Waals surface area (Å²) >= 11 is 3.59. The summed E-state index contributed by atoms with van der Waals surface area (Å²) < 4.78 is 1.23. The third-order valence-electron chi connectivity index (χ3n) is 4.21. The summed E-state index contributed by atoms with van der Waals surface area (Å²) in [7, 11) is 0. The number of likely N-dealkylation sites (tertiary alicyclic amines) is 1. The molecular weight excluding hydrogens is 274 g/mol. The van der Waals surface area contributed by atoms with E-state index in [1.165, 1.54) is 56.2 Å². The van der Waals surface area contributed by atoms with Crippen LogP contribution in [0.15, 0.2) is 22.7 Å². The molecule has 1 fully saturated rings. The van der Waals surface area contributed by atoms with Crippen molar-refractivity contribution in [2.24, 2.45) is 5.92 Å². The Kier molecular flexibility index (Phi) is 3.53. The molecular formula is C15H20BrN. The van der Waals surface area contributed by atoms with E-state index >= 15 is 0 Å². The molecule has 1 aliphatic heterocycles. The molecule has 0 saturated carbocycles. The molecule has 0 N–H and O–H groups in total. The van der Waals surface area contributed by atoms with Crippen molar-refractivity contribution in [3.05, 3.63) is 33.8 Å². The first-order valence-electron chi connectivity index (χ1n) is 6.81. The summed E-state index contributed by atoms with van der Waals surface area (Å²) in [5.74, 6) is 0.884. The Labute approximate surface area is 112 Å². The lowest BCUT2D eigenvalue weighted by atomic mass is 9.84.